The molecule has 2 atom stereocenters. The minimum absolute atomic E-state index is 0.0321. The van der Waals surface area contributed by atoms with E-state index in [-0.39, 0.29) is 28.4 Å². The first kappa shape index (κ1) is 28.8. The van der Waals surface area contributed by atoms with Crippen LogP contribution in [0.25, 0.3) is 0 Å². The molecule has 0 spiro atoms. The van der Waals surface area contributed by atoms with Gasteiger partial charge in [0, 0.05) is 50.6 Å². The van der Waals surface area contributed by atoms with Crippen molar-refractivity contribution in [3.05, 3.63) is 59.9 Å². The Bertz CT molecular complexity index is 1160. The molecule has 39 heavy (non-hydrogen) atoms. The molecule has 0 saturated carbocycles. The van der Waals surface area contributed by atoms with Gasteiger partial charge in [-0.3, -0.25) is 14.3 Å². The quantitative estimate of drug-likeness (QED) is 0.579. The van der Waals surface area contributed by atoms with Gasteiger partial charge in [0.05, 0.1) is 18.6 Å². The fraction of sp³-hybridized carbons (Fsp3) is 0.533. The molecule has 8 nitrogen and oxygen atoms in total. The van der Waals surface area contributed by atoms with E-state index in [1.807, 2.05) is 62.9 Å². The topological polar surface area (TPSA) is 79.0 Å². The maximum Gasteiger partial charge on any atom is 0.324 e. The number of benzene rings is 2. The second-order valence-electron chi connectivity index (χ2n) is 12.0. The van der Waals surface area contributed by atoms with Crippen LogP contribution in [0.1, 0.15) is 46.1 Å². The van der Waals surface area contributed by atoms with Crippen LogP contribution in [0.5, 0.6) is 0 Å². The van der Waals surface area contributed by atoms with Crippen molar-refractivity contribution in [2.75, 3.05) is 50.0 Å². The Kier molecular flexibility index (Phi) is 8.51. The van der Waals surface area contributed by atoms with Crippen LogP contribution in [0.3, 0.4) is 0 Å². The molecule has 9 heteroatoms. The lowest BCUT2D eigenvalue weighted by molar-refractivity contribution is -0.943. The molecule has 3 amide bonds. The first-order chi connectivity index (χ1) is 18.4. The maximum absolute atomic E-state index is 13.5. The lowest BCUT2D eigenvalue weighted by Crippen LogP contribution is -2.76. The molecule has 2 saturated heterocycles. The molecule has 2 aliphatic rings. The highest BCUT2D eigenvalue weighted by molar-refractivity contribution is 5.91. The zero-order valence-electron chi connectivity index (χ0n) is 23.8. The first-order valence-corrected chi connectivity index (χ1v) is 13.9. The van der Waals surface area contributed by atoms with E-state index < -0.39 is 11.6 Å². The average molecular weight is 540 g/mol. The highest BCUT2D eigenvalue weighted by atomic mass is 19.1. The number of piperazine rings is 1. The third kappa shape index (κ3) is 6.20. The SMILES string of the molecule is C[C@H]1CN(Cc2ccc(N(C)C(=O)N3CCC(Nc4cccc(F)c4)CC3)cc2)CC[N+]1(C(=O)[O-])C(C)(C)C. The minimum atomic E-state index is -1.00. The largest absolute Gasteiger partial charge is 0.498 e. The Morgan fingerprint density at radius 3 is 2.33 bits per heavy atom. The number of quaternary nitrogens is 1. The maximum atomic E-state index is 13.5. The first-order valence-electron chi connectivity index (χ1n) is 13.9. The Balaban J connectivity index is 1.29. The van der Waals surface area contributed by atoms with E-state index in [9.17, 15) is 19.1 Å². The summed E-state index contributed by atoms with van der Waals surface area (Å²) in [5, 5.41) is 15.5. The zero-order chi connectivity index (χ0) is 28.4. The molecule has 2 heterocycles. The van der Waals surface area contributed by atoms with Crippen LogP contribution in [-0.2, 0) is 6.54 Å². The Morgan fingerprint density at radius 1 is 1.10 bits per heavy atom. The fourth-order valence-electron chi connectivity index (χ4n) is 6.24. The van der Waals surface area contributed by atoms with E-state index in [1.54, 1.807) is 18.0 Å². The van der Waals surface area contributed by atoms with Gasteiger partial charge in [-0.25, -0.2) is 9.18 Å². The van der Waals surface area contributed by atoms with Crippen molar-refractivity contribution < 1.29 is 23.6 Å². The molecule has 0 aromatic heterocycles. The number of rotatable bonds is 5. The Hall–Kier alpha value is -3.17. The Labute approximate surface area is 231 Å². The predicted octanol–water partition coefficient (Wildman–Crippen LogP) is 4.12. The fourth-order valence-corrected chi connectivity index (χ4v) is 6.24. The molecule has 0 bridgehead atoms. The number of carbonyl (C=O) groups is 2. The molecule has 2 aromatic carbocycles. The van der Waals surface area contributed by atoms with E-state index in [0.717, 1.165) is 36.3 Å². The summed E-state index contributed by atoms with van der Waals surface area (Å²) < 4.78 is 13.4. The number of hydrogen-bond acceptors (Lipinski definition) is 5. The molecule has 0 radical (unpaired) electrons. The number of carboxylic acid groups (broad SMARTS) is 1. The van der Waals surface area contributed by atoms with Gasteiger partial charge in [-0.15, -0.1) is 0 Å². The summed E-state index contributed by atoms with van der Waals surface area (Å²) in [5.41, 5.74) is 2.29. The van der Waals surface area contributed by atoms with Crippen LogP contribution >= 0.6 is 0 Å². The van der Waals surface area contributed by atoms with Gasteiger partial charge < -0.3 is 20.1 Å². The number of nitrogens with one attached hydrogen (secondary N) is 1. The van der Waals surface area contributed by atoms with Crippen molar-refractivity contribution >= 4 is 23.5 Å². The van der Waals surface area contributed by atoms with Gasteiger partial charge in [-0.2, -0.15) is 0 Å². The lowest BCUT2D eigenvalue weighted by Gasteiger charge is -2.55. The van der Waals surface area contributed by atoms with Gasteiger partial charge in [0.1, 0.15) is 11.9 Å². The molecule has 4 rings (SSSR count). The second-order valence-corrected chi connectivity index (χ2v) is 12.0. The summed E-state index contributed by atoms with van der Waals surface area (Å²) in [5.74, 6) is -0.261. The lowest BCUT2D eigenvalue weighted by atomic mass is 9.95. The van der Waals surface area contributed by atoms with Crippen LogP contribution in [-0.4, -0.2) is 83.8 Å². The summed E-state index contributed by atoms with van der Waals surface area (Å²) >= 11 is 0. The van der Waals surface area contributed by atoms with E-state index in [1.165, 1.54) is 12.1 Å². The molecular formula is C30H42FN5O3. The van der Waals surface area contributed by atoms with Crippen molar-refractivity contribution in [2.45, 2.75) is 64.7 Å². The van der Waals surface area contributed by atoms with E-state index in [2.05, 4.69) is 10.2 Å². The normalized spacial score (nSPS) is 22.9. The van der Waals surface area contributed by atoms with Crippen LogP contribution in [0, 0.1) is 5.82 Å². The van der Waals surface area contributed by atoms with Crippen LogP contribution in [0.2, 0.25) is 0 Å². The third-order valence-corrected chi connectivity index (χ3v) is 8.54. The molecule has 2 fully saturated rings. The molecular weight excluding hydrogens is 497 g/mol. The molecule has 1 N–H and O–H groups in total. The average Bonchev–Trinajstić information content (AvgIpc) is 2.88. The second kappa shape index (κ2) is 11.5. The zero-order valence-corrected chi connectivity index (χ0v) is 23.8. The number of urea groups is 1. The number of carbonyl (C=O) groups excluding carboxylic acids is 2. The number of anilines is 2. The molecule has 2 aromatic rings. The van der Waals surface area contributed by atoms with E-state index in [0.29, 0.717) is 32.7 Å². The van der Waals surface area contributed by atoms with Crippen molar-refractivity contribution in [2.24, 2.45) is 0 Å². The van der Waals surface area contributed by atoms with E-state index in [4.69, 9.17) is 0 Å². The van der Waals surface area contributed by atoms with Gasteiger partial charge in [-0.05, 0) is 76.4 Å². The summed E-state index contributed by atoms with van der Waals surface area (Å²) in [6.07, 6.45) is 0.603. The Morgan fingerprint density at radius 2 is 1.77 bits per heavy atom. The van der Waals surface area contributed by atoms with Gasteiger partial charge in [-0.1, -0.05) is 18.2 Å². The number of piperidine rings is 1. The standard InChI is InChI=1S/C30H42FN5O3/c1-22-20-34(17-18-36(22,29(38)39)30(2,3)4)21-23-9-11-27(12-10-23)33(5)28(37)35-15-13-25(14-16-35)32-26-8-6-7-24(31)19-26/h6-12,19,22,25,32H,13-18,20-21H2,1-5H3/t22-,36?/m0/s1. The van der Waals surface area contributed by atoms with Crippen molar-refractivity contribution in [3.8, 4) is 0 Å². The molecule has 2 aliphatic heterocycles. The van der Waals surface area contributed by atoms with Gasteiger partial charge in [0.15, 0.2) is 0 Å². The third-order valence-electron chi connectivity index (χ3n) is 8.54. The number of hydrogen-bond donors (Lipinski definition) is 1. The predicted molar refractivity (Wildman–Crippen MR) is 150 cm³/mol. The molecule has 0 aliphatic carbocycles. The van der Waals surface area contributed by atoms with Crippen LogP contribution < -0.4 is 15.3 Å². The summed E-state index contributed by atoms with van der Waals surface area (Å²) in [6, 6.07) is 14.6. The minimum Gasteiger partial charge on any atom is -0.498 e. The van der Waals surface area contributed by atoms with Gasteiger partial charge in [0.25, 0.3) is 6.09 Å². The monoisotopic (exact) mass is 539 g/mol. The highest BCUT2D eigenvalue weighted by Crippen LogP contribution is 2.32. The van der Waals surface area contributed by atoms with Crippen molar-refractivity contribution in [1.29, 1.82) is 0 Å². The highest BCUT2D eigenvalue weighted by Gasteiger charge is 2.49. The van der Waals surface area contributed by atoms with Gasteiger partial charge >= 0.3 is 6.03 Å². The van der Waals surface area contributed by atoms with Crippen molar-refractivity contribution in [3.63, 3.8) is 0 Å². The van der Waals surface area contributed by atoms with Crippen molar-refractivity contribution in [1.82, 2.24) is 9.80 Å². The van der Waals surface area contributed by atoms with Crippen LogP contribution in [0.15, 0.2) is 48.5 Å². The van der Waals surface area contributed by atoms with Gasteiger partial charge in [0.2, 0.25) is 0 Å². The van der Waals surface area contributed by atoms with E-state index >= 15 is 0 Å². The number of halogens is 1. The summed E-state index contributed by atoms with van der Waals surface area (Å²) in [4.78, 5) is 31.2. The number of amides is 3. The number of nitrogens with zero attached hydrogens (tertiary/aromatic N) is 4. The summed E-state index contributed by atoms with van der Waals surface area (Å²) in [6.45, 7) is 11.8. The van der Waals surface area contributed by atoms with Crippen LogP contribution in [0.4, 0.5) is 25.4 Å². The summed E-state index contributed by atoms with van der Waals surface area (Å²) in [7, 11) is 1.80. The number of likely N-dealkylation sites (tertiary alicyclic amines) is 1. The molecule has 1 unspecified atom stereocenters. The smallest absolute Gasteiger partial charge is 0.324 e. The molecule has 212 valence electrons.